The van der Waals surface area contributed by atoms with Crippen molar-refractivity contribution < 1.29 is 14.6 Å². The van der Waals surface area contributed by atoms with E-state index in [1.54, 1.807) is 20.1 Å². The van der Waals surface area contributed by atoms with E-state index in [0.29, 0.717) is 30.1 Å². The van der Waals surface area contributed by atoms with Crippen LogP contribution in [0, 0.1) is 6.92 Å². The highest BCUT2D eigenvalue weighted by molar-refractivity contribution is 5.96. The molecule has 1 aromatic rings. The van der Waals surface area contributed by atoms with Crippen molar-refractivity contribution in [1.29, 1.82) is 0 Å². The molecule has 18 heavy (non-hydrogen) atoms. The third-order valence-corrected chi connectivity index (χ3v) is 2.56. The molecule has 0 aliphatic rings. The maximum Gasteiger partial charge on any atom is 0.255 e. The van der Waals surface area contributed by atoms with Gasteiger partial charge in [0.05, 0.1) is 36.4 Å². The van der Waals surface area contributed by atoms with Crippen molar-refractivity contribution in [3.63, 3.8) is 0 Å². The van der Waals surface area contributed by atoms with Crippen molar-refractivity contribution in [3.8, 4) is 0 Å². The molecule has 1 aromatic heterocycles. The molecular formula is C12H19N3O3. The average molecular weight is 253 g/mol. The second kappa shape index (κ2) is 6.93. The number of nitrogen functional groups attached to an aromatic ring is 1. The minimum absolute atomic E-state index is 0.0930. The smallest absolute Gasteiger partial charge is 0.255 e. The third kappa shape index (κ3) is 3.68. The molecule has 0 aliphatic heterocycles. The standard InChI is InChI=1S/C12H19N3O3/c1-9-11(7-10(13)8-14-9)12(17)15(3-5-16)4-6-18-2/h7-8,16H,3-6,13H2,1-2H3. The summed E-state index contributed by atoms with van der Waals surface area (Å²) in [5, 5.41) is 8.98. The number of nitrogens with zero attached hydrogens (tertiary/aromatic N) is 2. The van der Waals surface area contributed by atoms with Crippen LogP contribution in [0.2, 0.25) is 0 Å². The van der Waals surface area contributed by atoms with E-state index in [-0.39, 0.29) is 19.1 Å². The lowest BCUT2D eigenvalue weighted by atomic mass is 10.1. The Hall–Kier alpha value is -1.66. The van der Waals surface area contributed by atoms with Gasteiger partial charge >= 0.3 is 0 Å². The predicted molar refractivity (Wildman–Crippen MR) is 68.3 cm³/mol. The average Bonchev–Trinajstić information content (AvgIpc) is 2.36. The summed E-state index contributed by atoms with van der Waals surface area (Å²) in [6, 6.07) is 1.60. The summed E-state index contributed by atoms with van der Waals surface area (Å²) in [5.41, 5.74) is 7.15. The number of carbonyl (C=O) groups is 1. The zero-order chi connectivity index (χ0) is 13.5. The maximum atomic E-state index is 12.3. The van der Waals surface area contributed by atoms with E-state index in [1.807, 2.05) is 0 Å². The number of pyridine rings is 1. The van der Waals surface area contributed by atoms with Crippen molar-refractivity contribution in [3.05, 3.63) is 23.5 Å². The number of nitrogens with two attached hydrogens (primary N) is 1. The van der Waals surface area contributed by atoms with Crippen LogP contribution in [-0.2, 0) is 4.74 Å². The van der Waals surface area contributed by atoms with Gasteiger partial charge in [-0.2, -0.15) is 0 Å². The van der Waals surface area contributed by atoms with Crippen LogP contribution in [0.5, 0.6) is 0 Å². The number of carbonyl (C=O) groups excluding carboxylic acids is 1. The van der Waals surface area contributed by atoms with E-state index in [4.69, 9.17) is 15.6 Å². The number of amides is 1. The lowest BCUT2D eigenvalue weighted by Crippen LogP contribution is -2.36. The van der Waals surface area contributed by atoms with Gasteiger partial charge in [-0.05, 0) is 13.0 Å². The molecule has 0 atom stereocenters. The lowest BCUT2D eigenvalue weighted by Gasteiger charge is -2.22. The van der Waals surface area contributed by atoms with Gasteiger partial charge in [-0.25, -0.2) is 0 Å². The number of aromatic nitrogens is 1. The van der Waals surface area contributed by atoms with E-state index in [2.05, 4.69) is 4.98 Å². The summed E-state index contributed by atoms with van der Waals surface area (Å²) < 4.78 is 4.94. The number of rotatable bonds is 6. The van der Waals surface area contributed by atoms with E-state index in [0.717, 1.165) is 0 Å². The zero-order valence-electron chi connectivity index (χ0n) is 10.7. The maximum absolute atomic E-state index is 12.3. The van der Waals surface area contributed by atoms with Crippen LogP contribution in [0.3, 0.4) is 0 Å². The van der Waals surface area contributed by atoms with Gasteiger partial charge in [0.2, 0.25) is 0 Å². The second-order valence-electron chi connectivity index (χ2n) is 3.91. The van der Waals surface area contributed by atoms with Crippen LogP contribution in [0.15, 0.2) is 12.3 Å². The molecule has 0 aliphatic carbocycles. The molecule has 0 saturated heterocycles. The molecular weight excluding hydrogens is 234 g/mol. The van der Waals surface area contributed by atoms with Gasteiger partial charge in [0.25, 0.3) is 5.91 Å². The van der Waals surface area contributed by atoms with Crippen molar-refractivity contribution in [2.75, 3.05) is 39.1 Å². The highest BCUT2D eigenvalue weighted by atomic mass is 16.5. The number of anilines is 1. The predicted octanol–water partition coefficient (Wildman–Crippen LogP) is 0.0531. The highest BCUT2D eigenvalue weighted by Gasteiger charge is 2.17. The van der Waals surface area contributed by atoms with Crippen LogP contribution in [0.1, 0.15) is 16.1 Å². The Kier molecular flexibility index (Phi) is 5.54. The molecule has 0 bridgehead atoms. The fourth-order valence-corrected chi connectivity index (χ4v) is 1.57. The van der Waals surface area contributed by atoms with Gasteiger partial charge in [-0.15, -0.1) is 0 Å². The van der Waals surface area contributed by atoms with Crippen LogP contribution in [0.25, 0.3) is 0 Å². The normalized spacial score (nSPS) is 10.4. The molecule has 1 heterocycles. The third-order valence-electron chi connectivity index (χ3n) is 2.56. The zero-order valence-corrected chi connectivity index (χ0v) is 10.7. The Bertz CT molecular complexity index is 410. The summed E-state index contributed by atoms with van der Waals surface area (Å²) in [6.45, 7) is 2.76. The molecule has 0 unspecified atom stereocenters. The molecule has 1 amide bonds. The number of hydrogen-bond donors (Lipinski definition) is 2. The molecule has 3 N–H and O–H groups in total. The topological polar surface area (TPSA) is 88.7 Å². The fraction of sp³-hybridized carbons (Fsp3) is 0.500. The van der Waals surface area contributed by atoms with Crippen LogP contribution < -0.4 is 5.73 Å². The first-order valence-electron chi connectivity index (χ1n) is 5.71. The van der Waals surface area contributed by atoms with Gasteiger partial charge in [0, 0.05) is 20.2 Å². The first-order valence-corrected chi connectivity index (χ1v) is 5.71. The van der Waals surface area contributed by atoms with Crippen LogP contribution >= 0.6 is 0 Å². The molecule has 0 spiro atoms. The molecule has 6 nitrogen and oxygen atoms in total. The largest absolute Gasteiger partial charge is 0.397 e. The Balaban J connectivity index is 2.90. The number of ether oxygens (including phenoxy) is 1. The van der Waals surface area contributed by atoms with Gasteiger partial charge in [0.1, 0.15) is 0 Å². The summed E-state index contributed by atoms with van der Waals surface area (Å²) >= 11 is 0. The Morgan fingerprint density at radius 2 is 2.28 bits per heavy atom. The number of methoxy groups -OCH3 is 1. The SMILES string of the molecule is COCCN(CCO)C(=O)c1cc(N)cnc1C. The van der Waals surface area contributed by atoms with E-state index in [9.17, 15) is 4.79 Å². The molecule has 6 heteroatoms. The Morgan fingerprint density at radius 3 is 2.89 bits per heavy atom. The molecule has 0 fully saturated rings. The fourth-order valence-electron chi connectivity index (χ4n) is 1.57. The number of hydrogen-bond acceptors (Lipinski definition) is 5. The number of aliphatic hydroxyl groups excluding tert-OH is 1. The van der Waals surface area contributed by atoms with E-state index in [1.165, 1.54) is 11.1 Å². The van der Waals surface area contributed by atoms with E-state index >= 15 is 0 Å². The molecule has 100 valence electrons. The summed E-state index contributed by atoms with van der Waals surface area (Å²) in [7, 11) is 1.56. The summed E-state index contributed by atoms with van der Waals surface area (Å²) in [5.74, 6) is -0.196. The minimum Gasteiger partial charge on any atom is -0.397 e. The van der Waals surface area contributed by atoms with Crippen molar-refractivity contribution in [1.82, 2.24) is 9.88 Å². The lowest BCUT2D eigenvalue weighted by molar-refractivity contribution is 0.0655. The van der Waals surface area contributed by atoms with Crippen molar-refractivity contribution in [2.24, 2.45) is 0 Å². The van der Waals surface area contributed by atoms with Crippen molar-refractivity contribution in [2.45, 2.75) is 6.92 Å². The van der Waals surface area contributed by atoms with Crippen LogP contribution in [-0.4, -0.2) is 54.3 Å². The first kappa shape index (κ1) is 14.4. The molecule has 0 radical (unpaired) electrons. The van der Waals surface area contributed by atoms with Gasteiger partial charge in [0.15, 0.2) is 0 Å². The number of aliphatic hydroxyl groups is 1. The second-order valence-corrected chi connectivity index (χ2v) is 3.91. The van der Waals surface area contributed by atoms with Gasteiger partial charge in [-0.3, -0.25) is 9.78 Å². The van der Waals surface area contributed by atoms with Gasteiger partial charge in [-0.1, -0.05) is 0 Å². The van der Waals surface area contributed by atoms with Crippen molar-refractivity contribution >= 4 is 11.6 Å². The van der Waals surface area contributed by atoms with Gasteiger partial charge < -0.3 is 20.5 Å². The Labute approximate surface area is 106 Å². The molecule has 0 aromatic carbocycles. The monoisotopic (exact) mass is 253 g/mol. The molecule has 0 saturated carbocycles. The first-order chi connectivity index (χ1) is 8.60. The highest BCUT2D eigenvalue weighted by Crippen LogP contribution is 2.12. The quantitative estimate of drug-likeness (QED) is 0.748. The minimum atomic E-state index is -0.196. The number of aryl methyl sites for hydroxylation is 1. The summed E-state index contributed by atoms with van der Waals surface area (Å²) in [6.07, 6.45) is 1.51. The molecule has 1 rings (SSSR count). The Morgan fingerprint density at radius 1 is 1.56 bits per heavy atom. The van der Waals surface area contributed by atoms with Crippen LogP contribution in [0.4, 0.5) is 5.69 Å². The van der Waals surface area contributed by atoms with E-state index < -0.39 is 0 Å². The summed E-state index contributed by atoms with van der Waals surface area (Å²) in [4.78, 5) is 17.9.